The van der Waals surface area contributed by atoms with Crippen LogP contribution in [0.2, 0.25) is 13.1 Å². The van der Waals surface area contributed by atoms with Crippen molar-refractivity contribution in [1.29, 1.82) is 0 Å². The van der Waals surface area contributed by atoms with Gasteiger partial charge in [0.05, 0.1) is 0 Å². The Labute approximate surface area is 293 Å². The number of rotatable bonds is 4. The third-order valence-electron chi connectivity index (χ3n) is 9.92. The standard InChI is InChI=1S/2C20H15.C2H6Si.2ClH.Zr/c2*1-14-12-16-8-5-11-19(20(16)13-14)18-10-4-7-15-6-2-3-9-17(15)18;1-3-2;;;/h2*2-13H,1H3;1-2H3;2*1H;/q;;;;;+2/p-2. The van der Waals surface area contributed by atoms with E-state index in [-0.39, 0.29) is 24.8 Å². The molecule has 0 nitrogen and oxygen atoms in total. The van der Waals surface area contributed by atoms with Crippen LogP contribution in [0, 0.1) is 0 Å². The number of allylic oxidation sites excluding steroid dienone is 2. The Bertz CT molecular complexity index is 2080. The number of fused-ring (bicyclic) bond motifs is 4. The van der Waals surface area contributed by atoms with Crippen LogP contribution >= 0.6 is 0 Å². The van der Waals surface area contributed by atoms with Crippen LogP contribution in [0.25, 0.3) is 56.0 Å². The molecule has 6 aromatic rings. The minimum Gasteiger partial charge on any atom is -1.00 e. The van der Waals surface area contributed by atoms with Crippen molar-refractivity contribution in [3.05, 3.63) is 155 Å². The van der Waals surface area contributed by atoms with E-state index < -0.39 is 25.8 Å². The maximum absolute atomic E-state index is 2.62. The van der Waals surface area contributed by atoms with Crippen molar-refractivity contribution < 1.29 is 45.2 Å². The summed E-state index contributed by atoms with van der Waals surface area (Å²) < 4.78 is 1.23. The van der Waals surface area contributed by atoms with Gasteiger partial charge >= 0.3 is 271 Å². The summed E-state index contributed by atoms with van der Waals surface area (Å²) in [5, 5.41) is 5.31. The first-order chi connectivity index (χ1) is 21.5. The Kier molecular flexibility index (Phi) is 9.48. The summed E-state index contributed by atoms with van der Waals surface area (Å²) in [5.41, 5.74) is 14.3. The van der Waals surface area contributed by atoms with Crippen LogP contribution in [-0.4, -0.2) is 5.43 Å². The average Bonchev–Trinajstić information content (AvgIpc) is 3.56. The zero-order valence-corrected chi connectivity index (χ0v) is 31.6. The predicted octanol–water partition coefficient (Wildman–Crippen LogP) is 5.82. The summed E-state index contributed by atoms with van der Waals surface area (Å²) >= 11 is -2.16. The van der Waals surface area contributed by atoms with Gasteiger partial charge in [-0.2, -0.15) is 0 Å². The Hall–Kier alpha value is -3.00. The van der Waals surface area contributed by atoms with Gasteiger partial charge in [-0.05, 0) is 0 Å². The summed E-state index contributed by atoms with van der Waals surface area (Å²) in [5.74, 6) is 0. The molecule has 0 aromatic heterocycles. The van der Waals surface area contributed by atoms with Gasteiger partial charge in [-0.3, -0.25) is 0 Å². The number of hydrogen-bond donors (Lipinski definition) is 0. The minimum absolute atomic E-state index is 0. The smallest absolute Gasteiger partial charge is 1.00 e. The molecule has 0 spiro atoms. The van der Waals surface area contributed by atoms with Crippen molar-refractivity contribution in [3.8, 4) is 22.3 Å². The summed E-state index contributed by atoms with van der Waals surface area (Å²) in [6, 6.07) is 45.5. The van der Waals surface area contributed by atoms with Crippen molar-refractivity contribution in [2.24, 2.45) is 0 Å². The molecule has 2 unspecified atom stereocenters. The molecule has 0 bridgehead atoms. The fraction of sp³-hybridized carbons (Fsp3) is 0.143. The Morgan fingerprint density at radius 3 is 1.26 bits per heavy atom. The third kappa shape index (κ3) is 5.32. The van der Waals surface area contributed by atoms with Crippen molar-refractivity contribution in [2.75, 3.05) is 0 Å². The van der Waals surface area contributed by atoms with Crippen molar-refractivity contribution >= 4 is 39.1 Å². The average molecular weight is 731 g/mol. The first kappa shape index (κ1) is 32.9. The van der Waals surface area contributed by atoms with E-state index in [0.717, 1.165) is 0 Å². The number of benzene rings is 6. The molecule has 46 heavy (non-hydrogen) atoms. The normalized spacial score (nSPS) is 16.0. The Morgan fingerprint density at radius 2 is 0.826 bits per heavy atom. The molecule has 0 amide bonds. The number of hydrogen-bond acceptors (Lipinski definition) is 0. The summed E-state index contributed by atoms with van der Waals surface area (Å²) in [6.45, 7) is 10.1. The molecule has 0 saturated heterocycles. The van der Waals surface area contributed by atoms with E-state index in [1.807, 2.05) is 0 Å². The molecule has 0 N–H and O–H groups in total. The molecule has 0 saturated carbocycles. The quantitative estimate of drug-likeness (QED) is 0.201. The first-order valence-corrected chi connectivity index (χ1v) is 24.8. The van der Waals surface area contributed by atoms with E-state index in [1.165, 1.54) is 54.9 Å². The van der Waals surface area contributed by atoms with Gasteiger partial charge < -0.3 is 24.8 Å². The van der Waals surface area contributed by atoms with Crippen LogP contribution in [0.1, 0.15) is 43.4 Å². The second-order valence-corrected chi connectivity index (χ2v) is 30.6. The Morgan fingerprint density at radius 1 is 0.457 bits per heavy atom. The van der Waals surface area contributed by atoms with Crippen LogP contribution in [0.5, 0.6) is 0 Å². The molecule has 4 heteroatoms. The molecular formula is C42H36Cl2SiZr. The molecule has 8 rings (SSSR count). The van der Waals surface area contributed by atoms with E-state index >= 15 is 0 Å². The predicted molar refractivity (Wildman–Crippen MR) is 189 cm³/mol. The van der Waals surface area contributed by atoms with Gasteiger partial charge in [-0.1, -0.05) is 0 Å². The second kappa shape index (κ2) is 13.2. The first-order valence-electron chi connectivity index (χ1n) is 15.8. The molecule has 226 valence electrons. The molecular weight excluding hydrogens is 695 g/mol. The van der Waals surface area contributed by atoms with E-state index in [1.54, 1.807) is 22.3 Å². The van der Waals surface area contributed by atoms with Gasteiger partial charge in [-0.15, -0.1) is 0 Å². The summed E-state index contributed by atoms with van der Waals surface area (Å²) in [7, 11) is 0. The second-order valence-electron chi connectivity index (χ2n) is 12.8. The third-order valence-corrected chi connectivity index (χ3v) is 29.8. The monoisotopic (exact) mass is 728 g/mol. The van der Waals surface area contributed by atoms with Gasteiger partial charge in [0.2, 0.25) is 0 Å². The SMILES string of the molecule is CC1=Cc2c(-c3cccc4ccccc34)cccc2[CH]1[Zr+2]([CH]1C(C)=Cc2c(-c3cccc4ccccc34)cccc21)=[Si](C)C.[Cl-].[Cl-]. The molecule has 2 aliphatic rings. The van der Waals surface area contributed by atoms with E-state index in [2.05, 4.69) is 160 Å². The molecule has 2 aliphatic carbocycles. The number of halogens is 2. The molecule has 0 aliphatic heterocycles. The van der Waals surface area contributed by atoms with Gasteiger partial charge in [-0.25, -0.2) is 0 Å². The minimum atomic E-state index is -2.16. The molecule has 0 heterocycles. The maximum Gasteiger partial charge on any atom is -1.00 e. The van der Waals surface area contributed by atoms with Crippen molar-refractivity contribution in [2.45, 2.75) is 34.2 Å². The fourth-order valence-corrected chi connectivity index (χ4v) is 28.8. The molecule has 6 aromatic carbocycles. The van der Waals surface area contributed by atoms with Crippen LogP contribution < -0.4 is 24.8 Å². The molecule has 2 atom stereocenters. The fourth-order valence-electron chi connectivity index (χ4n) is 8.06. The molecule has 0 radical (unpaired) electrons. The van der Waals surface area contributed by atoms with E-state index in [4.69, 9.17) is 0 Å². The summed E-state index contributed by atoms with van der Waals surface area (Å²) in [6.07, 6.45) is 5.12. The molecule has 0 fully saturated rings. The zero-order chi connectivity index (χ0) is 29.9. The van der Waals surface area contributed by atoms with E-state index in [9.17, 15) is 0 Å². The van der Waals surface area contributed by atoms with Crippen molar-refractivity contribution in [3.63, 3.8) is 0 Å². The van der Waals surface area contributed by atoms with Crippen LogP contribution in [0.3, 0.4) is 0 Å². The van der Waals surface area contributed by atoms with Crippen molar-refractivity contribution in [1.82, 2.24) is 0 Å². The van der Waals surface area contributed by atoms with E-state index in [0.29, 0.717) is 7.25 Å². The maximum atomic E-state index is 2.62. The largest absolute Gasteiger partial charge is 1.00 e. The van der Waals surface area contributed by atoms with Crippen LogP contribution in [0.15, 0.2) is 132 Å². The Balaban J connectivity index is 0.00000186. The summed E-state index contributed by atoms with van der Waals surface area (Å²) in [4.78, 5) is 0. The van der Waals surface area contributed by atoms with Gasteiger partial charge in [0.15, 0.2) is 0 Å². The van der Waals surface area contributed by atoms with Gasteiger partial charge in [0.25, 0.3) is 0 Å². The van der Waals surface area contributed by atoms with Crippen LogP contribution in [0.4, 0.5) is 0 Å². The van der Waals surface area contributed by atoms with Gasteiger partial charge in [0, 0.05) is 0 Å². The van der Waals surface area contributed by atoms with Gasteiger partial charge in [0.1, 0.15) is 0 Å². The zero-order valence-electron chi connectivity index (χ0n) is 26.6. The topological polar surface area (TPSA) is 0 Å². The van der Waals surface area contributed by atoms with Crippen LogP contribution in [-0.2, 0) is 20.4 Å².